The van der Waals surface area contributed by atoms with E-state index in [0.717, 1.165) is 5.39 Å². The number of rotatable bonds is 8. The van der Waals surface area contributed by atoms with Gasteiger partial charge in [0.15, 0.2) is 11.5 Å². The Morgan fingerprint density at radius 1 is 0.867 bits per heavy atom. The highest BCUT2D eigenvalue weighted by Gasteiger charge is 2.22. The van der Waals surface area contributed by atoms with Gasteiger partial charge in [0.25, 0.3) is 0 Å². The van der Waals surface area contributed by atoms with Crippen LogP contribution in [0.5, 0.6) is 5.75 Å². The molecule has 0 aliphatic rings. The van der Waals surface area contributed by atoms with Gasteiger partial charge >= 0.3 is 0 Å². The van der Waals surface area contributed by atoms with Crippen molar-refractivity contribution in [3.05, 3.63) is 95.7 Å². The average Bonchev–Trinajstić information content (AvgIpc) is 3.17. The van der Waals surface area contributed by atoms with Crippen LogP contribution in [0.2, 0.25) is 0 Å². The van der Waals surface area contributed by atoms with Crippen LogP contribution in [0.25, 0.3) is 11.0 Å². The van der Waals surface area contributed by atoms with Gasteiger partial charge in [-0.25, -0.2) is 0 Å². The van der Waals surface area contributed by atoms with Crippen molar-refractivity contribution in [2.45, 2.75) is 6.92 Å². The number of fused-ring (bicyclic) bond motifs is 1. The molecule has 4 rings (SSSR count). The van der Waals surface area contributed by atoms with E-state index >= 15 is 0 Å². The van der Waals surface area contributed by atoms with Crippen molar-refractivity contribution in [1.82, 2.24) is 0 Å². The predicted octanol–water partition coefficient (Wildman–Crippen LogP) is 5.36. The molecule has 1 heterocycles. The van der Waals surface area contributed by atoms with Crippen molar-refractivity contribution in [2.24, 2.45) is 0 Å². The summed E-state index contributed by atoms with van der Waals surface area (Å²) in [6.45, 7) is 2.51. The van der Waals surface area contributed by atoms with E-state index in [1.165, 1.54) is 0 Å². The van der Waals surface area contributed by atoms with E-state index < -0.39 is 0 Å². The summed E-state index contributed by atoms with van der Waals surface area (Å²) in [6.07, 6.45) is 0. The number of hydrogen-bond donors (Lipinski definition) is 1. The standard InChI is InChI=1S/C25H21NO4/c1-2-29-19-14-12-18(13-15-19)24(28)25-23(20-10-6-7-11-22(20)30-25)26-16-21(27)17-8-4-3-5-9-17/h3-15,26H,2,16H2,1H3. The van der Waals surface area contributed by atoms with E-state index in [9.17, 15) is 9.59 Å². The molecule has 0 aliphatic heterocycles. The van der Waals surface area contributed by atoms with E-state index in [1.807, 2.05) is 43.3 Å². The third-order valence-electron chi connectivity index (χ3n) is 4.75. The van der Waals surface area contributed by atoms with Gasteiger partial charge in [-0.05, 0) is 43.3 Å². The third-order valence-corrected chi connectivity index (χ3v) is 4.75. The van der Waals surface area contributed by atoms with E-state index in [0.29, 0.717) is 34.8 Å². The molecule has 4 aromatic rings. The Morgan fingerprint density at radius 3 is 2.30 bits per heavy atom. The maximum absolute atomic E-state index is 13.2. The molecule has 0 aliphatic carbocycles. The molecule has 0 saturated heterocycles. The van der Waals surface area contributed by atoms with E-state index in [4.69, 9.17) is 9.15 Å². The molecule has 0 saturated carbocycles. The van der Waals surface area contributed by atoms with Crippen LogP contribution >= 0.6 is 0 Å². The monoisotopic (exact) mass is 399 g/mol. The molecule has 1 N–H and O–H groups in total. The van der Waals surface area contributed by atoms with E-state index in [1.54, 1.807) is 42.5 Å². The number of Topliss-reactive ketones (excluding diaryl/α,β-unsaturated/α-hetero) is 1. The van der Waals surface area contributed by atoms with Gasteiger partial charge in [0.05, 0.1) is 18.8 Å². The summed E-state index contributed by atoms with van der Waals surface area (Å²) in [5.74, 6) is 0.552. The smallest absolute Gasteiger partial charge is 0.230 e. The molecule has 0 radical (unpaired) electrons. The van der Waals surface area contributed by atoms with Crippen molar-refractivity contribution in [2.75, 3.05) is 18.5 Å². The summed E-state index contributed by atoms with van der Waals surface area (Å²) in [5.41, 5.74) is 2.20. The minimum Gasteiger partial charge on any atom is -0.494 e. The Labute approximate surface area is 174 Å². The number of ketones is 2. The number of nitrogens with one attached hydrogen (secondary N) is 1. The number of carbonyl (C=O) groups is 2. The second-order valence-electron chi connectivity index (χ2n) is 6.73. The van der Waals surface area contributed by atoms with E-state index in [2.05, 4.69) is 5.32 Å². The lowest BCUT2D eigenvalue weighted by atomic mass is 10.1. The average molecular weight is 399 g/mol. The molecular weight excluding hydrogens is 378 g/mol. The normalized spacial score (nSPS) is 10.7. The molecule has 0 amide bonds. The first kappa shape index (κ1) is 19.5. The third kappa shape index (κ3) is 3.96. The zero-order valence-corrected chi connectivity index (χ0v) is 16.6. The number of ether oxygens (including phenoxy) is 1. The summed E-state index contributed by atoms with van der Waals surface area (Å²) in [7, 11) is 0. The molecule has 5 heteroatoms. The van der Waals surface area contributed by atoms with Gasteiger partial charge in [0.1, 0.15) is 11.3 Å². The fraction of sp³-hybridized carbons (Fsp3) is 0.120. The number of benzene rings is 3. The summed E-state index contributed by atoms with van der Waals surface area (Å²) in [6, 6.07) is 23.3. The topological polar surface area (TPSA) is 68.5 Å². The molecule has 150 valence electrons. The van der Waals surface area contributed by atoms with Gasteiger partial charge in [-0.3, -0.25) is 9.59 Å². The molecule has 0 bridgehead atoms. The van der Waals surface area contributed by atoms with Crippen LogP contribution in [0.4, 0.5) is 5.69 Å². The van der Waals surface area contributed by atoms with Crippen LogP contribution in [-0.2, 0) is 0 Å². The van der Waals surface area contributed by atoms with Gasteiger partial charge < -0.3 is 14.5 Å². The maximum Gasteiger partial charge on any atom is 0.230 e. The lowest BCUT2D eigenvalue weighted by Crippen LogP contribution is -2.15. The Kier molecular flexibility index (Phi) is 5.61. The minimum absolute atomic E-state index is 0.0527. The van der Waals surface area contributed by atoms with Crippen molar-refractivity contribution in [3.63, 3.8) is 0 Å². The molecule has 0 unspecified atom stereocenters. The first-order valence-electron chi connectivity index (χ1n) is 9.78. The number of para-hydroxylation sites is 1. The minimum atomic E-state index is -0.260. The second-order valence-corrected chi connectivity index (χ2v) is 6.73. The summed E-state index contributed by atoms with van der Waals surface area (Å²) < 4.78 is 11.3. The highest BCUT2D eigenvalue weighted by molar-refractivity contribution is 6.15. The predicted molar refractivity (Wildman–Crippen MR) is 117 cm³/mol. The van der Waals surface area contributed by atoms with Gasteiger partial charge in [0.2, 0.25) is 5.78 Å². The Balaban J connectivity index is 1.64. The number of hydrogen-bond acceptors (Lipinski definition) is 5. The lowest BCUT2D eigenvalue weighted by Gasteiger charge is -2.07. The van der Waals surface area contributed by atoms with E-state index in [-0.39, 0.29) is 23.9 Å². The Hall–Kier alpha value is -3.86. The maximum atomic E-state index is 13.2. The van der Waals surface area contributed by atoms with Crippen LogP contribution < -0.4 is 10.1 Å². The van der Waals surface area contributed by atoms with Crippen LogP contribution in [0.3, 0.4) is 0 Å². The van der Waals surface area contributed by atoms with Crippen molar-refractivity contribution < 1.29 is 18.7 Å². The first-order valence-corrected chi connectivity index (χ1v) is 9.78. The largest absolute Gasteiger partial charge is 0.494 e. The molecule has 3 aromatic carbocycles. The zero-order chi connectivity index (χ0) is 20.9. The number of carbonyl (C=O) groups excluding carboxylic acids is 2. The second kappa shape index (κ2) is 8.66. The number of anilines is 1. The molecule has 0 spiro atoms. The van der Waals surface area contributed by atoms with Crippen LogP contribution in [-0.4, -0.2) is 24.7 Å². The van der Waals surface area contributed by atoms with Gasteiger partial charge in [-0.15, -0.1) is 0 Å². The van der Waals surface area contributed by atoms with Crippen molar-refractivity contribution in [3.8, 4) is 5.75 Å². The first-order chi connectivity index (χ1) is 14.7. The summed E-state index contributed by atoms with van der Waals surface area (Å²) in [4.78, 5) is 25.7. The SMILES string of the molecule is CCOc1ccc(C(=O)c2oc3ccccc3c2NCC(=O)c2ccccc2)cc1. The highest BCUT2D eigenvalue weighted by atomic mass is 16.5. The van der Waals surface area contributed by atoms with Gasteiger partial charge in [-0.2, -0.15) is 0 Å². The van der Waals surface area contributed by atoms with Crippen molar-refractivity contribution in [1.29, 1.82) is 0 Å². The van der Waals surface area contributed by atoms with Crippen molar-refractivity contribution >= 4 is 28.2 Å². The molecular formula is C25H21NO4. The zero-order valence-electron chi connectivity index (χ0n) is 16.6. The number of furan rings is 1. The molecule has 5 nitrogen and oxygen atoms in total. The quantitative estimate of drug-likeness (QED) is 0.404. The fourth-order valence-electron chi connectivity index (χ4n) is 3.28. The summed E-state index contributed by atoms with van der Waals surface area (Å²) >= 11 is 0. The Bertz CT molecular complexity index is 1180. The summed E-state index contributed by atoms with van der Waals surface area (Å²) in [5, 5.41) is 3.89. The lowest BCUT2D eigenvalue weighted by molar-refractivity contribution is 0.0997. The molecule has 30 heavy (non-hydrogen) atoms. The van der Waals surface area contributed by atoms with Crippen LogP contribution in [0.1, 0.15) is 33.4 Å². The Morgan fingerprint density at radius 2 is 1.57 bits per heavy atom. The molecule has 0 fully saturated rings. The van der Waals surface area contributed by atoms with Gasteiger partial charge in [-0.1, -0.05) is 42.5 Å². The fourth-order valence-corrected chi connectivity index (χ4v) is 3.28. The van der Waals surface area contributed by atoms with Crippen LogP contribution in [0.15, 0.2) is 83.3 Å². The molecule has 0 atom stereocenters. The highest BCUT2D eigenvalue weighted by Crippen LogP contribution is 2.32. The van der Waals surface area contributed by atoms with Gasteiger partial charge in [0, 0.05) is 16.5 Å². The molecule has 1 aromatic heterocycles. The van der Waals surface area contributed by atoms with Crippen LogP contribution in [0, 0.1) is 0 Å².